The Morgan fingerprint density at radius 3 is 2.45 bits per heavy atom. The summed E-state index contributed by atoms with van der Waals surface area (Å²) in [6.07, 6.45) is 0. The first-order valence-electron chi connectivity index (χ1n) is 6.83. The normalized spacial score (nSPS) is 11.0. The van der Waals surface area contributed by atoms with Gasteiger partial charge in [0.2, 0.25) is 0 Å². The summed E-state index contributed by atoms with van der Waals surface area (Å²) in [6.45, 7) is 5.28. The van der Waals surface area contributed by atoms with Gasteiger partial charge >= 0.3 is 0 Å². The van der Waals surface area contributed by atoms with Crippen LogP contribution in [0.4, 0.5) is 0 Å². The fourth-order valence-electron chi connectivity index (χ4n) is 1.82. The molecule has 0 fully saturated rings. The quantitative estimate of drug-likeness (QED) is 0.715. The molecule has 2 aromatic rings. The van der Waals surface area contributed by atoms with Gasteiger partial charge in [0.05, 0.1) is 0 Å². The molecule has 0 aliphatic carbocycles. The first kappa shape index (κ1) is 15.6. The maximum absolute atomic E-state index is 3.51. The number of benzene rings is 2. The monoisotopic (exact) mass is 349 g/mol. The van der Waals surface area contributed by atoms with Gasteiger partial charge in [0.1, 0.15) is 0 Å². The van der Waals surface area contributed by atoms with Gasteiger partial charge in [-0.05, 0) is 35.4 Å². The van der Waals surface area contributed by atoms with Crippen molar-refractivity contribution in [3.05, 3.63) is 64.1 Å². The molecule has 0 radical (unpaired) electrons. The molecule has 1 nitrogen and oxygen atoms in total. The molecule has 2 rings (SSSR count). The van der Waals surface area contributed by atoms with E-state index in [0.29, 0.717) is 6.04 Å². The molecule has 0 aromatic heterocycles. The Kier molecular flexibility index (Phi) is 6.14. The zero-order valence-corrected chi connectivity index (χ0v) is 14.3. The minimum absolute atomic E-state index is 0.528. The van der Waals surface area contributed by atoms with Crippen molar-refractivity contribution in [2.75, 3.05) is 0 Å². The SMILES string of the molecule is CC(C)NCc1ccc(SCc2cccc(Br)c2)cc1. The van der Waals surface area contributed by atoms with Gasteiger partial charge in [-0.2, -0.15) is 0 Å². The van der Waals surface area contributed by atoms with E-state index in [1.165, 1.54) is 16.0 Å². The molecule has 3 heteroatoms. The van der Waals surface area contributed by atoms with Gasteiger partial charge in [-0.15, -0.1) is 11.8 Å². The molecule has 20 heavy (non-hydrogen) atoms. The molecule has 0 amide bonds. The Hall–Kier alpha value is -0.770. The number of hydrogen-bond acceptors (Lipinski definition) is 2. The van der Waals surface area contributed by atoms with E-state index in [-0.39, 0.29) is 0 Å². The third-order valence-corrected chi connectivity index (χ3v) is 4.51. The summed E-state index contributed by atoms with van der Waals surface area (Å²) in [5, 5.41) is 3.43. The van der Waals surface area contributed by atoms with Crippen LogP contribution in [0.5, 0.6) is 0 Å². The third kappa shape index (κ3) is 5.31. The zero-order valence-electron chi connectivity index (χ0n) is 11.9. The average Bonchev–Trinajstić information content (AvgIpc) is 2.44. The molecule has 0 spiro atoms. The van der Waals surface area contributed by atoms with Gasteiger partial charge in [0, 0.05) is 27.7 Å². The Balaban J connectivity index is 1.87. The zero-order chi connectivity index (χ0) is 14.4. The summed E-state index contributed by atoms with van der Waals surface area (Å²) in [7, 11) is 0. The van der Waals surface area contributed by atoms with Crippen LogP contribution in [0.3, 0.4) is 0 Å². The summed E-state index contributed by atoms with van der Waals surface area (Å²) >= 11 is 5.38. The molecule has 106 valence electrons. The Labute approximate surface area is 134 Å². The second kappa shape index (κ2) is 7.87. The summed E-state index contributed by atoms with van der Waals surface area (Å²) in [5.41, 5.74) is 2.68. The van der Waals surface area contributed by atoms with E-state index in [9.17, 15) is 0 Å². The van der Waals surface area contributed by atoms with Crippen LogP contribution >= 0.6 is 27.7 Å². The van der Waals surface area contributed by atoms with Crippen LogP contribution in [0.15, 0.2) is 57.9 Å². The van der Waals surface area contributed by atoms with Crippen molar-refractivity contribution >= 4 is 27.7 Å². The van der Waals surface area contributed by atoms with Gasteiger partial charge in [-0.25, -0.2) is 0 Å². The number of rotatable bonds is 6. The van der Waals surface area contributed by atoms with Crippen LogP contribution in [0.2, 0.25) is 0 Å². The van der Waals surface area contributed by atoms with Crippen molar-refractivity contribution in [3.63, 3.8) is 0 Å². The minimum atomic E-state index is 0.528. The first-order chi connectivity index (χ1) is 9.63. The number of hydrogen-bond donors (Lipinski definition) is 1. The standard InChI is InChI=1S/C17H20BrNS/c1-13(2)19-11-14-6-8-17(9-7-14)20-12-15-4-3-5-16(18)10-15/h3-10,13,19H,11-12H2,1-2H3. The van der Waals surface area contributed by atoms with Crippen molar-refractivity contribution < 1.29 is 0 Å². The highest BCUT2D eigenvalue weighted by Crippen LogP contribution is 2.24. The van der Waals surface area contributed by atoms with Crippen molar-refractivity contribution in [1.29, 1.82) is 0 Å². The fraction of sp³-hybridized carbons (Fsp3) is 0.294. The van der Waals surface area contributed by atoms with E-state index in [1.54, 1.807) is 0 Å². The lowest BCUT2D eigenvalue weighted by molar-refractivity contribution is 0.588. The third-order valence-electron chi connectivity index (χ3n) is 2.93. The minimum Gasteiger partial charge on any atom is -0.310 e. The maximum Gasteiger partial charge on any atom is 0.0232 e. The van der Waals surface area contributed by atoms with Gasteiger partial charge < -0.3 is 5.32 Å². The van der Waals surface area contributed by atoms with Gasteiger partial charge in [-0.3, -0.25) is 0 Å². The van der Waals surface area contributed by atoms with E-state index < -0.39 is 0 Å². The van der Waals surface area contributed by atoms with Crippen LogP contribution in [0.1, 0.15) is 25.0 Å². The number of thioether (sulfide) groups is 1. The van der Waals surface area contributed by atoms with E-state index in [2.05, 4.69) is 83.6 Å². The van der Waals surface area contributed by atoms with Crippen molar-refractivity contribution in [2.24, 2.45) is 0 Å². The molecule has 0 saturated carbocycles. The molecule has 0 aliphatic rings. The van der Waals surface area contributed by atoms with Crippen molar-refractivity contribution in [3.8, 4) is 0 Å². The largest absolute Gasteiger partial charge is 0.310 e. The highest BCUT2D eigenvalue weighted by Gasteiger charge is 1.99. The van der Waals surface area contributed by atoms with Crippen LogP contribution < -0.4 is 5.32 Å². The van der Waals surface area contributed by atoms with Crippen molar-refractivity contribution in [2.45, 2.75) is 37.1 Å². The Bertz CT molecular complexity index is 537. The molecule has 0 atom stereocenters. The van der Waals surface area contributed by atoms with Crippen LogP contribution in [-0.4, -0.2) is 6.04 Å². The Morgan fingerprint density at radius 2 is 1.80 bits per heavy atom. The molecule has 0 aliphatic heterocycles. The number of nitrogens with one attached hydrogen (secondary N) is 1. The molecule has 1 N–H and O–H groups in total. The maximum atomic E-state index is 3.51. The highest BCUT2D eigenvalue weighted by atomic mass is 79.9. The van der Waals surface area contributed by atoms with E-state index in [0.717, 1.165) is 16.8 Å². The highest BCUT2D eigenvalue weighted by molar-refractivity contribution is 9.10. The lowest BCUT2D eigenvalue weighted by Crippen LogP contribution is -2.21. The molecular weight excluding hydrogens is 330 g/mol. The van der Waals surface area contributed by atoms with Crippen molar-refractivity contribution in [1.82, 2.24) is 5.32 Å². The summed E-state index contributed by atoms with van der Waals surface area (Å²) in [5.74, 6) is 1.00. The van der Waals surface area contributed by atoms with E-state index in [4.69, 9.17) is 0 Å². The molecule has 0 unspecified atom stereocenters. The fourth-order valence-corrected chi connectivity index (χ4v) is 3.11. The lowest BCUT2D eigenvalue weighted by Gasteiger charge is -2.08. The predicted octanol–water partition coefficient (Wildman–Crippen LogP) is 5.24. The van der Waals surface area contributed by atoms with Crippen LogP contribution in [-0.2, 0) is 12.3 Å². The molecule has 0 heterocycles. The van der Waals surface area contributed by atoms with Gasteiger partial charge in [0.25, 0.3) is 0 Å². The second-order valence-corrected chi connectivity index (χ2v) is 7.06. The van der Waals surface area contributed by atoms with Crippen LogP contribution in [0, 0.1) is 0 Å². The first-order valence-corrected chi connectivity index (χ1v) is 8.61. The molecule has 2 aromatic carbocycles. The van der Waals surface area contributed by atoms with Crippen LogP contribution in [0.25, 0.3) is 0 Å². The number of halogens is 1. The lowest BCUT2D eigenvalue weighted by atomic mass is 10.2. The average molecular weight is 350 g/mol. The smallest absolute Gasteiger partial charge is 0.0232 e. The van der Waals surface area contributed by atoms with Gasteiger partial charge in [-0.1, -0.05) is 54.0 Å². The second-order valence-electron chi connectivity index (χ2n) is 5.10. The predicted molar refractivity (Wildman–Crippen MR) is 92.1 cm³/mol. The molecular formula is C17H20BrNS. The van der Waals surface area contributed by atoms with E-state index >= 15 is 0 Å². The van der Waals surface area contributed by atoms with Gasteiger partial charge in [0.15, 0.2) is 0 Å². The Morgan fingerprint density at radius 1 is 1.05 bits per heavy atom. The van der Waals surface area contributed by atoms with E-state index in [1.807, 2.05) is 11.8 Å². The summed E-state index contributed by atoms with van der Waals surface area (Å²) < 4.78 is 1.14. The topological polar surface area (TPSA) is 12.0 Å². The molecule has 0 bridgehead atoms. The summed E-state index contributed by atoms with van der Waals surface area (Å²) in [6, 6.07) is 17.8. The molecule has 0 saturated heterocycles. The summed E-state index contributed by atoms with van der Waals surface area (Å²) in [4.78, 5) is 1.32.